The highest BCUT2D eigenvalue weighted by Gasteiger charge is 2.29. The zero-order chi connectivity index (χ0) is 25.7. The summed E-state index contributed by atoms with van der Waals surface area (Å²) in [6, 6.07) is 7.68. The fraction of sp³-hybridized carbons (Fsp3) is 0.571. The topological polar surface area (TPSA) is 57.5 Å². The van der Waals surface area contributed by atoms with E-state index in [-0.39, 0.29) is 27.4 Å². The molecule has 2 rings (SSSR count). The van der Waals surface area contributed by atoms with Crippen LogP contribution in [0.3, 0.4) is 0 Å². The Morgan fingerprint density at radius 3 is 1.12 bits per heavy atom. The zero-order valence-corrected chi connectivity index (χ0v) is 24.1. The van der Waals surface area contributed by atoms with Crippen molar-refractivity contribution in [3.8, 4) is 11.5 Å². The Bertz CT molecular complexity index is 986. The number of benzene rings is 2. The summed E-state index contributed by atoms with van der Waals surface area (Å²) in [5, 5.41) is 22.0. The quantitative estimate of drug-likeness (QED) is 0.427. The maximum Gasteiger partial charge on any atom is 0.123 e. The van der Waals surface area contributed by atoms with E-state index in [1.165, 1.54) is 10.8 Å². The number of aromatic hydroxyl groups is 2. The number of hydrogen-bond acceptors (Lipinski definition) is 4. The van der Waals surface area contributed by atoms with Gasteiger partial charge in [0.05, 0.1) is 4.90 Å². The summed E-state index contributed by atoms with van der Waals surface area (Å²) in [7, 11) is -0.0957. The van der Waals surface area contributed by atoms with Crippen LogP contribution in [0.5, 0.6) is 11.5 Å². The van der Waals surface area contributed by atoms with Crippen LogP contribution in [0.2, 0.25) is 0 Å². The summed E-state index contributed by atoms with van der Waals surface area (Å²) < 4.78 is 13.6. The molecule has 0 saturated heterocycles. The molecule has 3 nitrogen and oxygen atoms in total. The lowest BCUT2D eigenvalue weighted by Gasteiger charge is -2.28. The average Bonchev–Trinajstić information content (AvgIpc) is 2.59. The normalized spacial score (nSPS) is 14.4. The van der Waals surface area contributed by atoms with E-state index in [1.807, 2.05) is 24.3 Å². The Balaban J connectivity index is 2.65. The largest absolute Gasteiger partial charge is 0.507 e. The van der Waals surface area contributed by atoms with E-state index in [4.69, 9.17) is 0 Å². The van der Waals surface area contributed by atoms with E-state index in [0.717, 1.165) is 27.1 Å². The molecule has 184 valence electrons. The van der Waals surface area contributed by atoms with Gasteiger partial charge in [0.2, 0.25) is 0 Å². The van der Waals surface area contributed by atoms with Gasteiger partial charge in [-0.3, -0.25) is 0 Å². The van der Waals surface area contributed by atoms with Crippen molar-refractivity contribution >= 4 is 20.6 Å². The van der Waals surface area contributed by atoms with Crippen molar-refractivity contribution in [2.45, 2.75) is 115 Å². The summed E-state index contributed by atoms with van der Waals surface area (Å²) in [5.41, 5.74) is 2.24. The molecule has 0 radical (unpaired) electrons. The predicted molar refractivity (Wildman–Crippen MR) is 143 cm³/mol. The Hall–Kier alpha value is -1.46. The second-order valence-electron chi connectivity index (χ2n) is 13.1. The van der Waals surface area contributed by atoms with E-state index in [0.29, 0.717) is 10.6 Å². The number of hydrogen-bond donors (Lipinski definition) is 2. The zero-order valence-electron chi connectivity index (χ0n) is 22.4. The van der Waals surface area contributed by atoms with Gasteiger partial charge < -0.3 is 10.2 Å². The molecule has 0 aliphatic rings. The summed E-state index contributed by atoms with van der Waals surface area (Å²) in [6.45, 7) is 24.8. The lowest BCUT2D eigenvalue weighted by atomic mass is 9.79. The van der Waals surface area contributed by atoms with Gasteiger partial charge >= 0.3 is 0 Å². The smallest absolute Gasteiger partial charge is 0.123 e. The minimum absolute atomic E-state index is 0.251. The summed E-state index contributed by atoms with van der Waals surface area (Å²) >= 11 is 0. The Morgan fingerprint density at radius 1 is 0.576 bits per heavy atom. The van der Waals surface area contributed by atoms with Crippen molar-refractivity contribution in [2.75, 3.05) is 0 Å². The number of rotatable bonds is 3. The van der Waals surface area contributed by atoms with Crippen LogP contribution < -0.4 is 0 Å². The molecule has 5 heteroatoms. The van der Waals surface area contributed by atoms with Gasteiger partial charge in [0, 0.05) is 27.1 Å². The summed E-state index contributed by atoms with van der Waals surface area (Å²) in [5.74, 6) is 0.607. The maximum atomic E-state index is 13.6. The van der Waals surface area contributed by atoms with Crippen molar-refractivity contribution in [2.24, 2.45) is 0 Å². The van der Waals surface area contributed by atoms with Crippen LogP contribution in [0.1, 0.15) is 105 Å². The van der Waals surface area contributed by atoms with Gasteiger partial charge in [-0.25, -0.2) is 4.21 Å². The molecule has 0 spiro atoms. The highest BCUT2D eigenvalue weighted by molar-refractivity contribution is 8.69. The van der Waals surface area contributed by atoms with Crippen molar-refractivity contribution in [3.63, 3.8) is 0 Å². The first-order chi connectivity index (χ1) is 14.6. The first-order valence-corrected chi connectivity index (χ1v) is 14.0. The molecule has 0 saturated carbocycles. The maximum absolute atomic E-state index is 13.6. The molecule has 0 bridgehead atoms. The number of phenolic OH excluding ortho intramolecular Hbond substituents is 2. The molecule has 0 fully saturated rings. The van der Waals surface area contributed by atoms with Crippen LogP contribution >= 0.6 is 10.8 Å². The van der Waals surface area contributed by atoms with Gasteiger partial charge in [0.15, 0.2) is 0 Å². The molecule has 0 aliphatic heterocycles. The second-order valence-corrected chi connectivity index (χ2v) is 16.0. The third-order valence-electron chi connectivity index (χ3n) is 5.76. The molecule has 0 heterocycles. The highest BCUT2D eigenvalue weighted by atomic mass is 33.1. The van der Waals surface area contributed by atoms with Gasteiger partial charge in [-0.05, 0) is 56.7 Å². The van der Waals surface area contributed by atoms with Gasteiger partial charge in [-0.1, -0.05) is 83.1 Å². The van der Waals surface area contributed by atoms with Crippen LogP contribution in [0.15, 0.2) is 34.1 Å². The van der Waals surface area contributed by atoms with Crippen molar-refractivity contribution < 1.29 is 14.4 Å². The molecule has 0 aliphatic carbocycles. The fourth-order valence-corrected chi connectivity index (χ4v) is 6.20. The SMILES string of the molecule is CC(C)(C)c1cc(SS(=O)c2cc(C(C)(C)C)c(O)c(C(C)(C)C)c2)cc(C(C)(C)C)c1O. The molecular weight excluding hydrogens is 448 g/mol. The predicted octanol–water partition coefficient (Wildman–Crippen LogP) is 8.10. The molecule has 2 N–H and O–H groups in total. The van der Waals surface area contributed by atoms with E-state index < -0.39 is 9.83 Å². The molecule has 2 aromatic carbocycles. The van der Waals surface area contributed by atoms with E-state index in [2.05, 4.69) is 83.1 Å². The third-order valence-corrected chi connectivity index (χ3v) is 8.57. The van der Waals surface area contributed by atoms with E-state index >= 15 is 0 Å². The minimum atomic E-state index is -1.39. The molecule has 0 amide bonds. The first kappa shape index (κ1) is 27.8. The minimum Gasteiger partial charge on any atom is -0.507 e. The molecular formula is C28H42O3S2. The van der Waals surface area contributed by atoms with Gasteiger partial charge in [-0.15, -0.1) is 0 Å². The summed E-state index contributed by atoms with van der Waals surface area (Å²) in [4.78, 5) is 1.55. The van der Waals surface area contributed by atoms with E-state index in [9.17, 15) is 14.4 Å². The third kappa shape index (κ3) is 6.36. The number of phenols is 2. The fourth-order valence-electron chi connectivity index (χ4n) is 3.78. The standard InChI is InChI=1S/C28H42O3S2/c1-25(2,3)19-13-17(14-20(23(19)29)26(4,5)6)32-33(31)18-15-21(27(7,8)9)24(30)22(16-18)28(10,11)12/h13-16,29-30H,1-12H3. The molecule has 1 atom stereocenters. The Morgan fingerprint density at radius 2 is 0.848 bits per heavy atom. The lowest BCUT2D eigenvalue weighted by Crippen LogP contribution is -2.18. The van der Waals surface area contributed by atoms with Crippen LogP contribution in [0.4, 0.5) is 0 Å². The highest BCUT2D eigenvalue weighted by Crippen LogP contribution is 2.45. The van der Waals surface area contributed by atoms with Crippen molar-refractivity contribution in [1.82, 2.24) is 0 Å². The molecule has 1 unspecified atom stereocenters. The average molecular weight is 491 g/mol. The second kappa shape index (κ2) is 8.96. The van der Waals surface area contributed by atoms with Crippen LogP contribution in [0, 0.1) is 0 Å². The monoisotopic (exact) mass is 490 g/mol. The van der Waals surface area contributed by atoms with E-state index in [1.54, 1.807) is 0 Å². The van der Waals surface area contributed by atoms with Gasteiger partial charge in [0.1, 0.15) is 21.3 Å². The van der Waals surface area contributed by atoms with Gasteiger partial charge in [0.25, 0.3) is 0 Å². The van der Waals surface area contributed by atoms with Gasteiger partial charge in [-0.2, -0.15) is 0 Å². The molecule has 2 aromatic rings. The van der Waals surface area contributed by atoms with Crippen LogP contribution in [-0.2, 0) is 31.5 Å². The summed E-state index contributed by atoms with van der Waals surface area (Å²) in [6.07, 6.45) is 0. The van der Waals surface area contributed by atoms with Crippen LogP contribution in [-0.4, -0.2) is 14.4 Å². The first-order valence-electron chi connectivity index (χ1n) is 11.5. The molecule has 0 aromatic heterocycles. The molecule has 33 heavy (non-hydrogen) atoms. The Labute approximate surface area is 207 Å². The van der Waals surface area contributed by atoms with Crippen molar-refractivity contribution in [3.05, 3.63) is 46.5 Å². The van der Waals surface area contributed by atoms with Crippen molar-refractivity contribution in [1.29, 1.82) is 0 Å². The van der Waals surface area contributed by atoms with Crippen LogP contribution in [0.25, 0.3) is 0 Å². The Kier molecular flexibility index (Phi) is 7.54. The lowest BCUT2D eigenvalue weighted by molar-refractivity contribution is 0.421.